The van der Waals surface area contributed by atoms with Crippen LogP contribution in [0.15, 0.2) is 84.9 Å². The number of methoxy groups -OCH3 is 1. The summed E-state index contributed by atoms with van der Waals surface area (Å²) in [5, 5.41) is 0. The molecule has 0 aliphatic rings. The fourth-order valence-corrected chi connectivity index (χ4v) is 4.65. The highest BCUT2D eigenvalue weighted by Gasteiger charge is 2.17. The summed E-state index contributed by atoms with van der Waals surface area (Å²) in [6.45, 7) is 6.82. The van der Waals surface area contributed by atoms with Crippen molar-refractivity contribution in [1.82, 2.24) is 0 Å². The van der Waals surface area contributed by atoms with Crippen molar-refractivity contribution < 1.29 is 33.3 Å². The molecule has 4 rings (SSSR count). The molecule has 0 amide bonds. The monoisotopic (exact) mass is 582 g/mol. The maximum absolute atomic E-state index is 12.4. The van der Waals surface area contributed by atoms with Gasteiger partial charge in [0.15, 0.2) is 5.78 Å². The average molecular weight is 583 g/mol. The lowest BCUT2D eigenvalue weighted by Crippen LogP contribution is -2.09. The molecule has 0 unspecified atom stereocenters. The van der Waals surface area contributed by atoms with Crippen molar-refractivity contribution in [3.63, 3.8) is 0 Å². The van der Waals surface area contributed by atoms with Crippen molar-refractivity contribution in [2.75, 3.05) is 20.3 Å². The molecular formula is C36H38O7. The first-order valence-electron chi connectivity index (χ1n) is 14.5. The molecule has 0 heterocycles. The third kappa shape index (κ3) is 8.16. The predicted molar refractivity (Wildman–Crippen MR) is 166 cm³/mol. The Morgan fingerprint density at radius 1 is 0.651 bits per heavy atom. The first-order valence-corrected chi connectivity index (χ1v) is 14.5. The van der Waals surface area contributed by atoms with Crippen molar-refractivity contribution in [1.29, 1.82) is 0 Å². The van der Waals surface area contributed by atoms with E-state index in [1.807, 2.05) is 80.6 Å². The van der Waals surface area contributed by atoms with E-state index >= 15 is 0 Å². The topological polar surface area (TPSA) is 80.3 Å². The fourth-order valence-electron chi connectivity index (χ4n) is 4.65. The van der Waals surface area contributed by atoms with Gasteiger partial charge in [0.05, 0.1) is 25.9 Å². The van der Waals surface area contributed by atoms with Crippen LogP contribution >= 0.6 is 0 Å². The third-order valence-corrected chi connectivity index (χ3v) is 6.92. The van der Waals surface area contributed by atoms with E-state index in [1.165, 1.54) is 7.11 Å². The zero-order chi connectivity index (χ0) is 30.6. The second-order valence-corrected chi connectivity index (χ2v) is 9.87. The van der Waals surface area contributed by atoms with Crippen molar-refractivity contribution in [2.45, 2.75) is 46.6 Å². The van der Waals surface area contributed by atoms with Crippen LogP contribution in [-0.4, -0.2) is 32.1 Å². The highest BCUT2D eigenvalue weighted by molar-refractivity contribution is 5.97. The molecule has 43 heavy (non-hydrogen) atoms. The van der Waals surface area contributed by atoms with Gasteiger partial charge >= 0.3 is 5.97 Å². The Hall–Kier alpha value is -4.78. The zero-order valence-corrected chi connectivity index (χ0v) is 25.2. The lowest BCUT2D eigenvalue weighted by molar-refractivity contribution is 0.0597. The summed E-state index contributed by atoms with van der Waals surface area (Å²) in [6, 6.07) is 26.1. The van der Waals surface area contributed by atoms with Gasteiger partial charge in [-0.15, -0.1) is 0 Å². The van der Waals surface area contributed by atoms with Gasteiger partial charge in [-0.1, -0.05) is 62.4 Å². The lowest BCUT2D eigenvalue weighted by atomic mass is 10.0. The first-order chi connectivity index (χ1) is 20.9. The smallest absolute Gasteiger partial charge is 0.341 e. The molecule has 0 bridgehead atoms. The average Bonchev–Trinajstić information content (AvgIpc) is 3.03. The lowest BCUT2D eigenvalue weighted by Gasteiger charge is -2.17. The van der Waals surface area contributed by atoms with Crippen LogP contribution < -0.4 is 18.9 Å². The van der Waals surface area contributed by atoms with E-state index in [0.717, 1.165) is 23.1 Å². The quantitative estimate of drug-likeness (QED) is 0.0798. The van der Waals surface area contributed by atoms with E-state index in [9.17, 15) is 9.59 Å². The highest BCUT2D eigenvalue weighted by Crippen LogP contribution is 2.35. The minimum atomic E-state index is -0.460. The number of hydrogen-bond donors (Lipinski definition) is 0. The van der Waals surface area contributed by atoms with Gasteiger partial charge in [-0.25, -0.2) is 4.79 Å². The molecule has 0 aromatic heterocycles. The minimum absolute atomic E-state index is 0.0514. The second-order valence-electron chi connectivity index (χ2n) is 9.87. The molecule has 4 aromatic rings. The zero-order valence-electron chi connectivity index (χ0n) is 25.2. The molecule has 7 heteroatoms. The summed E-state index contributed by atoms with van der Waals surface area (Å²) < 4.78 is 29.4. The number of Topliss-reactive ketones (excluding diaryl/α,β-unsaturated/α-hetero) is 1. The maximum atomic E-state index is 12.4. The van der Waals surface area contributed by atoms with Gasteiger partial charge in [-0.05, 0) is 61.2 Å². The highest BCUT2D eigenvalue weighted by atomic mass is 16.5. The Morgan fingerprint density at radius 2 is 1.33 bits per heavy atom. The number of esters is 1. The van der Waals surface area contributed by atoms with Gasteiger partial charge < -0.3 is 23.7 Å². The third-order valence-electron chi connectivity index (χ3n) is 6.92. The first kappa shape index (κ1) is 31.2. The summed E-state index contributed by atoms with van der Waals surface area (Å²) in [6.07, 6.45) is 2.03. The molecule has 0 saturated carbocycles. The van der Waals surface area contributed by atoms with Gasteiger partial charge in [-0.3, -0.25) is 4.79 Å². The van der Waals surface area contributed by atoms with Gasteiger partial charge in [0.2, 0.25) is 0 Å². The molecule has 4 aromatic carbocycles. The molecular weight excluding hydrogens is 544 g/mol. The van der Waals surface area contributed by atoms with E-state index < -0.39 is 5.97 Å². The Balaban J connectivity index is 1.39. The van der Waals surface area contributed by atoms with Gasteiger partial charge in [0, 0.05) is 18.1 Å². The number of benzene rings is 4. The van der Waals surface area contributed by atoms with E-state index in [2.05, 4.69) is 0 Å². The molecule has 0 N–H and O–H groups in total. The van der Waals surface area contributed by atoms with E-state index in [0.29, 0.717) is 72.5 Å². The van der Waals surface area contributed by atoms with Crippen molar-refractivity contribution >= 4 is 11.8 Å². The number of aryl methyl sites for hydroxylation is 1. The van der Waals surface area contributed by atoms with Crippen molar-refractivity contribution in [3.05, 3.63) is 113 Å². The molecule has 0 aliphatic carbocycles. The SMILES string of the molecule is CCc1cc(C(C)=O)c(OCc2ccccc2)cc1OCCCOc1cccc(Oc2ccccc2C(=O)OC)c1CC. The number of hydrogen-bond acceptors (Lipinski definition) is 7. The number of rotatable bonds is 15. The summed E-state index contributed by atoms with van der Waals surface area (Å²) in [4.78, 5) is 24.6. The molecule has 0 fully saturated rings. The normalized spacial score (nSPS) is 10.6. The number of ether oxygens (including phenoxy) is 5. The van der Waals surface area contributed by atoms with Crippen LogP contribution in [-0.2, 0) is 24.2 Å². The second kappa shape index (κ2) is 15.4. The van der Waals surface area contributed by atoms with Crippen LogP contribution in [0, 0.1) is 0 Å². The Kier molecular flexibility index (Phi) is 11.2. The van der Waals surface area contributed by atoms with Gasteiger partial charge in [-0.2, -0.15) is 0 Å². The van der Waals surface area contributed by atoms with Crippen LogP contribution in [0.5, 0.6) is 28.7 Å². The van der Waals surface area contributed by atoms with E-state index in [4.69, 9.17) is 23.7 Å². The fraction of sp³-hybridized carbons (Fsp3) is 0.278. The molecule has 0 saturated heterocycles. The molecule has 0 radical (unpaired) electrons. The van der Waals surface area contributed by atoms with Gasteiger partial charge in [0.1, 0.15) is 40.9 Å². The summed E-state index contributed by atoms with van der Waals surface area (Å²) in [7, 11) is 1.34. The van der Waals surface area contributed by atoms with Crippen LogP contribution in [0.1, 0.15) is 64.6 Å². The van der Waals surface area contributed by atoms with Crippen molar-refractivity contribution in [2.24, 2.45) is 0 Å². The molecule has 0 spiro atoms. The van der Waals surface area contributed by atoms with Crippen LogP contribution in [0.4, 0.5) is 0 Å². The molecule has 7 nitrogen and oxygen atoms in total. The number of ketones is 1. The van der Waals surface area contributed by atoms with Crippen LogP contribution in [0.2, 0.25) is 0 Å². The summed E-state index contributed by atoms with van der Waals surface area (Å²) in [5.74, 6) is 2.45. The Labute approximate surface area is 253 Å². The maximum Gasteiger partial charge on any atom is 0.341 e. The summed E-state index contributed by atoms with van der Waals surface area (Å²) in [5.41, 5.74) is 3.77. The molecule has 0 aliphatic heterocycles. The van der Waals surface area contributed by atoms with Crippen molar-refractivity contribution in [3.8, 4) is 28.7 Å². The van der Waals surface area contributed by atoms with Gasteiger partial charge in [0.25, 0.3) is 0 Å². The Morgan fingerprint density at radius 3 is 2.02 bits per heavy atom. The van der Waals surface area contributed by atoms with E-state index in [1.54, 1.807) is 25.1 Å². The number of carbonyl (C=O) groups excluding carboxylic acids is 2. The summed E-state index contributed by atoms with van der Waals surface area (Å²) >= 11 is 0. The minimum Gasteiger partial charge on any atom is -0.493 e. The van der Waals surface area contributed by atoms with Crippen LogP contribution in [0.3, 0.4) is 0 Å². The van der Waals surface area contributed by atoms with E-state index in [-0.39, 0.29) is 5.78 Å². The number of para-hydroxylation sites is 1. The number of carbonyl (C=O) groups is 2. The molecule has 0 atom stereocenters. The predicted octanol–water partition coefficient (Wildman–Crippen LogP) is 8.02. The largest absolute Gasteiger partial charge is 0.493 e. The standard InChI is InChI=1S/C36H38O7/c1-5-27-22-30(25(3)37)35(42-24-26-14-8-7-9-15-26)23-34(27)41-21-13-20-40-31-18-12-19-32(28(31)6-2)43-33-17-11-10-16-29(33)36(38)39-4/h7-12,14-19,22-23H,5-6,13,20-21,24H2,1-4H3. The molecule has 224 valence electrons. The van der Waals surface area contributed by atoms with Crippen LogP contribution in [0.25, 0.3) is 0 Å². The Bertz CT molecular complexity index is 1530.